The van der Waals surface area contributed by atoms with E-state index >= 15 is 0 Å². The molecule has 0 spiro atoms. The highest BCUT2D eigenvalue weighted by Gasteiger charge is 2.37. The minimum Gasteiger partial charge on any atom is -0.497 e. The molecule has 172 valence electrons. The number of ether oxygens (including phenoxy) is 1. The minimum atomic E-state index is -3.59. The third kappa shape index (κ3) is 4.38. The van der Waals surface area contributed by atoms with Gasteiger partial charge in [-0.25, -0.2) is 8.42 Å². The van der Waals surface area contributed by atoms with Crippen LogP contribution in [0.3, 0.4) is 0 Å². The highest BCUT2D eigenvalue weighted by atomic mass is 32.2. The highest BCUT2D eigenvalue weighted by Crippen LogP contribution is 2.46. The molecule has 1 aliphatic heterocycles. The third-order valence-electron chi connectivity index (χ3n) is 6.16. The van der Waals surface area contributed by atoms with Crippen LogP contribution in [0.25, 0.3) is 0 Å². The van der Waals surface area contributed by atoms with Gasteiger partial charge in [0.25, 0.3) is 0 Å². The molecule has 32 heavy (non-hydrogen) atoms. The van der Waals surface area contributed by atoms with Crippen molar-refractivity contribution in [3.8, 4) is 5.75 Å². The molecule has 0 atom stereocenters. The molecule has 0 radical (unpaired) electrons. The second-order valence-corrected chi connectivity index (χ2v) is 11.3. The van der Waals surface area contributed by atoms with E-state index < -0.39 is 10.0 Å². The number of methoxy groups -OCH3 is 1. The molecule has 3 fully saturated rings. The van der Waals surface area contributed by atoms with Crippen LogP contribution in [0.1, 0.15) is 43.5 Å². The van der Waals surface area contributed by atoms with Gasteiger partial charge in [0.05, 0.1) is 17.8 Å². The van der Waals surface area contributed by atoms with Gasteiger partial charge < -0.3 is 14.2 Å². The molecule has 5 rings (SSSR count). The highest BCUT2D eigenvalue weighted by molar-refractivity contribution is 7.99. The van der Waals surface area contributed by atoms with Crippen LogP contribution in [0.15, 0.2) is 34.3 Å². The Bertz CT molecular complexity index is 1090. The lowest BCUT2D eigenvalue weighted by atomic mass is 10.3. The Hall–Kier alpha value is -2.11. The molecule has 1 amide bonds. The van der Waals surface area contributed by atoms with E-state index in [2.05, 4.69) is 14.8 Å². The van der Waals surface area contributed by atoms with Crippen LogP contribution >= 0.6 is 11.8 Å². The zero-order valence-corrected chi connectivity index (χ0v) is 19.6. The van der Waals surface area contributed by atoms with Crippen LogP contribution in [0.2, 0.25) is 0 Å². The fraction of sp³-hybridized carbons (Fsp3) is 0.571. The number of piperazine rings is 1. The van der Waals surface area contributed by atoms with Gasteiger partial charge in [-0.2, -0.15) is 4.31 Å². The Balaban J connectivity index is 1.16. The summed E-state index contributed by atoms with van der Waals surface area (Å²) in [5.41, 5.74) is 0. The van der Waals surface area contributed by atoms with Gasteiger partial charge in [-0.05, 0) is 49.9 Å². The van der Waals surface area contributed by atoms with Crippen molar-refractivity contribution in [1.29, 1.82) is 0 Å². The molecular formula is C21H27N5O4S2. The summed E-state index contributed by atoms with van der Waals surface area (Å²) in [6.07, 6.45) is 4.67. The number of carbonyl (C=O) groups excluding carboxylic acids is 1. The van der Waals surface area contributed by atoms with Crippen LogP contribution in [0.4, 0.5) is 0 Å². The van der Waals surface area contributed by atoms with Crippen LogP contribution in [-0.2, 0) is 14.8 Å². The Morgan fingerprint density at radius 2 is 1.75 bits per heavy atom. The number of nitrogens with zero attached hydrogens (tertiary/aromatic N) is 5. The molecule has 2 aromatic rings. The van der Waals surface area contributed by atoms with Gasteiger partial charge in [-0.3, -0.25) is 4.79 Å². The Morgan fingerprint density at radius 3 is 2.34 bits per heavy atom. The summed E-state index contributed by atoms with van der Waals surface area (Å²) >= 11 is 1.44. The van der Waals surface area contributed by atoms with Crippen molar-refractivity contribution < 1.29 is 17.9 Å². The normalized spacial score (nSPS) is 19.8. The Kier molecular flexibility index (Phi) is 5.89. The smallest absolute Gasteiger partial charge is 0.243 e. The first-order valence-electron chi connectivity index (χ1n) is 11.0. The predicted octanol–water partition coefficient (Wildman–Crippen LogP) is 2.12. The van der Waals surface area contributed by atoms with Crippen LogP contribution in [0.5, 0.6) is 5.75 Å². The van der Waals surface area contributed by atoms with Gasteiger partial charge in [-0.15, -0.1) is 10.2 Å². The monoisotopic (exact) mass is 477 g/mol. The molecule has 9 nitrogen and oxygen atoms in total. The first-order chi connectivity index (χ1) is 15.5. The van der Waals surface area contributed by atoms with E-state index in [1.54, 1.807) is 36.3 Å². The van der Waals surface area contributed by atoms with Crippen molar-refractivity contribution in [2.45, 2.75) is 47.7 Å². The lowest BCUT2D eigenvalue weighted by molar-refractivity contribution is -0.129. The van der Waals surface area contributed by atoms with Crippen molar-refractivity contribution in [3.05, 3.63) is 30.1 Å². The summed E-state index contributed by atoms with van der Waals surface area (Å²) in [6.45, 7) is 1.35. The largest absolute Gasteiger partial charge is 0.497 e. The number of thioether (sulfide) groups is 1. The van der Waals surface area contributed by atoms with E-state index in [-0.39, 0.29) is 23.9 Å². The molecule has 3 aliphatic rings. The van der Waals surface area contributed by atoms with E-state index in [1.165, 1.54) is 28.9 Å². The predicted molar refractivity (Wildman–Crippen MR) is 119 cm³/mol. The summed E-state index contributed by atoms with van der Waals surface area (Å²) in [6, 6.07) is 6.87. The zero-order valence-electron chi connectivity index (χ0n) is 18.0. The molecule has 0 unspecified atom stereocenters. The first kappa shape index (κ1) is 21.7. The Morgan fingerprint density at radius 1 is 1.06 bits per heavy atom. The fourth-order valence-electron chi connectivity index (χ4n) is 3.97. The summed E-state index contributed by atoms with van der Waals surface area (Å²) in [5, 5.41) is 9.58. The number of carbonyl (C=O) groups is 1. The van der Waals surface area contributed by atoms with Gasteiger partial charge in [0.15, 0.2) is 5.16 Å². The molecule has 11 heteroatoms. The van der Waals surface area contributed by atoms with Crippen LogP contribution in [0, 0.1) is 0 Å². The van der Waals surface area contributed by atoms with Crippen LogP contribution < -0.4 is 4.74 Å². The number of aromatic nitrogens is 3. The SMILES string of the molecule is COc1ccc(S(=O)(=O)N2CCN(C(=O)CSc3nnc(C4CC4)n3C3CC3)CC2)cc1. The summed E-state index contributed by atoms with van der Waals surface area (Å²) in [7, 11) is -2.04. The van der Waals surface area contributed by atoms with Gasteiger partial charge in [-0.1, -0.05) is 11.8 Å². The van der Waals surface area contributed by atoms with Crippen LogP contribution in [-0.4, -0.2) is 77.3 Å². The molecule has 1 saturated heterocycles. The molecule has 2 aliphatic carbocycles. The number of hydrogen-bond donors (Lipinski definition) is 0. The van der Waals surface area contributed by atoms with Crippen molar-refractivity contribution >= 4 is 27.7 Å². The quantitative estimate of drug-likeness (QED) is 0.537. The first-order valence-corrected chi connectivity index (χ1v) is 13.4. The topological polar surface area (TPSA) is 97.6 Å². The lowest BCUT2D eigenvalue weighted by Gasteiger charge is -2.34. The average Bonchev–Trinajstić information content (AvgIpc) is 3.76. The molecule has 0 bridgehead atoms. The molecular weight excluding hydrogens is 450 g/mol. The summed E-state index contributed by atoms with van der Waals surface area (Å²) in [5.74, 6) is 2.53. The number of amides is 1. The molecule has 0 N–H and O–H groups in total. The number of benzene rings is 1. The minimum absolute atomic E-state index is 0.00909. The van der Waals surface area contributed by atoms with Gasteiger partial charge in [0, 0.05) is 38.1 Å². The van der Waals surface area contributed by atoms with Gasteiger partial charge in [0.1, 0.15) is 11.6 Å². The van der Waals surface area contributed by atoms with E-state index in [0.29, 0.717) is 36.6 Å². The standard InChI is InChI=1S/C21H27N5O4S2/c1-30-17-6-8-18(9-7-17)32(28,29)25-12-10-24(11-13-25)19(27)14-31-21-23-22-20(15-2-3-15)26(21)16-4-5-16/h6-9,15-16H,2-5,10-14H2,1H3. The second kappa shape index (κ2) is 8.68. The molecule has 2 saturated carbocycles. The second-order valence-electron chi connectivity index (χ2n) is 8.47. The summed E-state index contributed by atoms with van der Waals surface area (Å²) < 4.78 is 34.6. The van der Waals surface area contributed by atoms with Gasteiger partial charge >= 0.3 is 0 Å². The van der Waals surface area contributed by atoms with Crippen molar-refractivity contribution in [3.63, 3.8) is 0 Å². The lowest BCUT2D eigenvalue weighted by Crippen LogP contribution is -2.50. The maximum Gasteiger partial charge on any atom is 0.243 e. The maximum absolute atomic E-state index is 12.9. The maximum atomic E-state index is 12.9. The van der Waals surface area contributed by atoms with E-state index in [4.69, 9.17) is 4.74 Å². The average molecular weight is 478 g/mol. The third-order valence-corrected chi connectivity index (χ3v) is 9.00. The number of sulfonamides is 1. The fourth-order valence-corrected chi connectivity index (χ4v) is 6.31. The molecule has 1 aromatic carbocycles. The van der Waals surface area contributed by atoms with Crippen molar-refractivity contribution in [1.82, 2.24) is 24.0 Å². The van der Waals surface area contributed by atoms with Crippen molar-refractivity contribution in [2.24, 2.45) is 0 Å². The van der Waals surface area contributed by atoms with E-state index in [1.807, 2.05) is 0 Å². The number of hydrogen-bond acceptors (Lipinski definition) is 7. The Labute approximate surface area is 192 Å². The number of rotatable bonds is 8. The zero-order chi connectivity index (χ0) is 22.3. The molecule has 2 heterocycles. The van der Waals surface area contributed by atoms with E-state index in [0.717, 1.165) is 23.8 Å². The van der Waals surface area contributed by atoms with E-state index in [9.17, 15) is 13.2 Å². The van der Waals surface area contributed by atoms with Gasteiger partial charge in [0.2, 0.25) is 15.9 Å². The molecule has 1 aromatic heterocycles. The summed E-state index contributed by atoms with van der Waals surface area (Å²) in [4.78, 5) is 14.8. The van der Waals surface area contributed by atoms with Crippen molar-refractivity contribution in [2.75, 3.05) is 39.0 Å².